The third kappa shape index (κ3) is 4.28. The molecule has 1 heterocycles. The molecule has 152 valence electrons. The van der Waals surface area contributed by atoms with Crippen LogP contribution in [0.5, 0.6) is 0 Å². The summed E-state index contributed by atoms with van der Waals surface area (Å²) in [4.78, 5) is 24.8. The van der Waals surface area contributed by atoms with Gasteiger partial charge < -0.3 is 26.2 Å². The van der Waals surface area contributed by atoms with Gasteiger partial charge in [-0.05, 0) is 54.6 Å². The van der Waals surface area contributed by atoms with Gasteiger partial charge in [-0.25, -0.2) is 4.79 Å². The van der Waals surface area contributed by atoms with Crippen LogP contribution in [-0.2, 0) is 0 Å². The van der Waals surface area contributed by atoms with Crippen molar-refractivity contribution in [3.63, 3.8) is 0 Å². The zero-order chi connectivity index (χ0) is 21.8. The van der Waals surface area contributed by atoms with Crippen molar-refractivity contribution in [2.45, 2.75) is 0 Å². The van der Waals surface area contributed by atoms with Gasteiger partial charge in [0, 0.05) is 17.1 Å². The summed E-state index contributed by atoms with van der Waals surface area (Å²) in [7, 11) is 0. The molecule has 0 fully saturated rings. The number of urea groups is 1. The number of anilines is 4. The summed E-state index contributed by atoms with van der Waals surface area (Å²) in [5, 5.41) is 21.2. The summed E-state index contributed by atoms with van der Waals surface area (Å²) in [5.41, 5.74) is 8.58. The van der Waals surface area contributed by atoms with Crippen LogP contribution in [0.1, 0.15) is 15.9 Å². The first kappa shape index (κ1) is 19.5. The molecule has 0 aliphatic heterocycles. The average molecular weight is 412 g/mol. The minimum atomic E-state index is -0.457. The smallest absolute Gasteiger partial charge is 0.323 e. The van der Waals surface area contributed by atoms with Crippen LogP contribution < -0.4 is 21.7 Å². The highest BCUT2D eigenvalue weighted by atomic mass is 16.5. The molecule has 0 aliphatic rings. The molecule has 0 radical (unpaired) electrons. The third-order valence-corrected chi connectivity index (χ3v) is 4.42. The Bertz CT molecular complexity index is 1320. The van der Waals surface area contributed by atoms with Crippen LogP contribution in [-0.4, -0.2) is 17.1 Å². The van der Waals surface area contributed by atoms with Crippen molar-refractivity contribution in [3.8, 4) is 6.07 Å². The molecule has 0 unspecified atom stereocenters. The van der Waals surface area contributed by atoms with Gasteiger partial charge in [-0.3, -0.25) is 4.79 Å². The Hall–Kier alpha value is -4.84. The molecule has 4 aromatic rings. The lowest BCUT2D eigenvalue weighted by atomic mass is 10.1. The van der Waals surface area contributed by atoms with Crippen LogP contribution in [0.25, 0.3) is 11.0 Å². The van der Waals surface area contributed by atoms with Gasteiger partial charge in [0.05, 0.1) is 22.6 Å². The van der Waals surface area contributed by atoms with Crippen molar-refractivity contribution in [1.29, 1.82) is 5.26 Å². The SMILES string of the molecule is N#Cc1cccc(NC(=O)Nc2ccc(NC(=O)c3cccc4onc(N)c34)cc2)c1. The quantitative estimate of drug-likeness (QED) is 0.395. The van der Waals surface area contributed by atoms with Crippen molar-refractivity contribution < 1.29 is 14.1 Å². The lowest BCUT2D eigenvalue weighted by molar-refractivity contribution is 0.102. The maximum absolute atomic E-state index is 12.7. The summed E-state index contributed by atoms with van der Waals surface area (Å²) in [6.07, 6.45) is 0. The van der Waals surface area contributed by atoms with Crippen LogP contribution in [0.2, 0.25) is 0 Å². The fraction of sp³-hybridized carbons (Fsp3) is 0. The maximum Gasteiger partial charge on any atom is 0.323 e. The highest BCUT2D eigenvalue weighted by Crippen LogP contribution is 2.25. The molecule has 9 heteroatoms. The number of aromatic nitrogens is 1. The van der Waals surface area contributed by atoms with Gasteiger partial charge >= 0.3 is 6.03 Å². The predicted octanol–water partition coefficient (Wildman–Crippen LogP) is 4.18. The molecule has 3 aromatic carbocycles. The number of nitrogen functional groups attached to an aromatic ring is 1. The summed E-state index contributed by atoms with van der Waals surface area (Å²) in [6, 6.07) is 19.7. The largest absolute Gasteiger partial charge is 0.380 e. The molecule has 5 N–H and O–H groups in total. The number of nitrogens with one attached hydrogen (secondary N) is 3. The van der Waals surface area contributed by atoms with E-state index in [4.69, 9.17) is 15.5 Å². The second-order valence-corrected chi connectivity index (χ2v) is 6.55. The Morgan fingerprint density at radius 3 is 2.32 bits per heavy atom. The van der Waals surface area contributed by atoms with E-state index in [1.165, 1.54) is 0 Å². The van der Waals surface area contributed by atoms with Crippen LogP contribution in [0.4, 0.5) is 27.7 Å². The lowest BCUT2D eigenvalue weighted by Crippen LogP contribution is -2.19. The fourth-order valence-electron chi connectivity index (χ4n) is 3.00. The van der Waals surface area contributed by atoms with E-state index in [1.807, 2.05) is 6.07 Å². The number of hydrogen-bond donors (Lipinski definition) is 4. The van der Waals surface area contributed by atoms with E-state index in [9.17, 15) is 9.59 Å². The minimum absolute atomic E-state index is 0.145. The number of hydrogen-bond acceptors (Lipinski definition) is 6. The molecule has 0 bridgehead atoms. The summed E-state index contributed by atoms with van der Waals surface area (Å²) in [5.74, 6) is -0.219. The molecule has 3 amide bonds. The number of fused-ring (bicyclic) bond motifs is 1. The van der Waals surface area contributed by atoms with Crippen LogP contribution in [0, 0.1) is 11.3 Å². The Morgan fingerprint density at radius 1 is 0.903 bits per heavy atom. The molecule has 4 rings (SSSR count). The van der Waals surface area contributed by atoms with Gasteiger partial charge in [-0.15, -0.1) is 0 Å². The Kier molecular flexibility index (Phi) is 5.19. The molecule has 0 spiro atoms. The first-order valence-corrected chi connectivity index (χ1v) is 9.17. The summed E-state index contributed by atoms with van der Waals surface area (Å²) < 4.78 is 5.08. The zero-order valence-electron chi connectivity index (χ0n) is 16.0. The van der Waals surface area contributed by atoms with Gasteiger partial charge in [-0.2, -0.15) is 5.26 Å². The highest BCUT2D eigenvalue weighted by Gasteiger charge is 2.16. The standard InChI is InChI=1S/C22H16N6O3/c23-12-13-3-1-4-16(11-13)27-22(30)26-15-9-7-14(8-10-15)25-21(29)17-5-2-6-18-19(17)20(24)28-31-18/h1-11H,(H2,24,28)(H,25,29)(H2,26,27,30). The fourth-order valence-corrected chi connectivity index (χ4v) is 3.00. The first-order valence-electron chi connectivity index (χ1n) is 9.17. The highest BCUT2D eigenvalue weighted by molar-refractivity contribution is 6.14. The molecule has 0 saturated heterocycles. The molecule has 0 saturated carbocycles. The predicted molar refractivity (Wildman–Crippen MR) is 117 cm³/mol. The molecule has 0 aliphatic carbocycles. The van der Waals surface area contributed by atoms with E-state index in [0.717, 1.165) is 0 Å². The first-order chi connectivity index (χ1) is 15.0. The van der Waals surface area contributed by atoms with Gasteiger partial charge in [0.15, 0.2) is 11.4 Å². The van der Waals surface area contributed by atoms with Crippen molar-refractivity contribution >= 4 is 45.8 Å². The summed E-state index contributed by atoms with van der Waals surface area (Å²) >= 11 is 0. The Balaban J connectivity index is 1.41. The number of nitrogens with zero attached hydrogens (tertiary/aromatic N) is 2. The van der Waals surface area contributed by atoms with Gasteiger partial charge in [0.25, 0.3) is 5.91 Å². The number of rotatable bonds is 4. The molecule has 0 atom stereocenters. The van der Waals surface area contributed by atoms with E-state index < -0.39 is 6.03 Å². The van der Waals surface area contributed by atoms with Crippen molar-refractivity contribution in [3.05, 3.63) is 77.9 Å². The normalized spacial score (nSPS) is 10.3. The maximum atomic E-state index is 12.7. The average Bonchev–Trinajstić information content (AvgIpc) is 3.16. The Morgan fingerprint density at radius 2 is 1.58 bits per heavy atom. The molecule has 9 nitrogen and oxygen atoms in total. The van der Waals surface area contributed by atoms with E-state index in [-0.39, 0.29) is 11.7 Å². The second kappa shape index (κ2) is 8.26. The topological polar surface area (TPSA) is 146 Å². The second-order valence-electron chi connectivity index (χ2n) is 6.55. The third-order valence-electron chi connectivity index (χ3n) is 4.42. The van der Waals surface area contributed by atoms with E-state index in [1.54, 1.807) is 66.7 Å². The number of benzene rings is 3. The van der Waals surface area contributed by atoms with E-state index in [0.29, 0.717) is 39.2 Å². The van der Waals surface area contributed by atoms with Crippen molar-refractivity contribution in [2.75, 3.05) is 21.7 Å². The number of nitrogens with two attached hydrogens (primary N) is 1. The van der Waals surface area contributed by atoms with Crippen LogP contribution in [0.3, 0.4) is 0 Å². The summed E-state index contributed by atoms with van der Waals surface area (Å²) in [6.45, 7) is 0. The number of nitriles is 1. The number of amides is 3. The Labute approximate surface area is 176 Å². The van der Waals surface area contributed by atoms with E-state index >= 15 is 0 Å². The molecular formula is C22H16N6O3. The van der Waals surface area contributed by atoms with Crippen molar-refractivity contribution in [2.24, 2.45) is 0 Å². The van der Waals surface area contributed by atoms with Crippen LogP contribution >= 0.6 is 0 Å². The minimum Gasteiger partial charge on any atom is -0.380 e. The van der Waals surface area contributed by atoms with E-state index in [2.05, 4.69) is 21.1 Å². The molecule has 31 heavy (non-hydrogen) atoms. The zero-order valence-corrected chi connectivity index (χ0v) is 16.0. The van der Waals surface area contributed by atoms with Gasteiger partial charge in [0.1, 0.15) is 0 Å². The molecule has 1 aromatic heterocycles. The number of carbonyl (C=O) groups is 2. The van der Waals surface area contributed by atoms with Gasteiger partial charge in [0.2, 0.25) is 0 Å². The van der Waals surface area contributed by atoms with Crippen molar-refractivity contribution in [1.82, 2.24) is 5.16 Å². The molecular weight excluding hydrogens is 396 g/mol. The monoisotopic (exact) mass is 412 g/mol. The lowest BCUT2D eigenvalue weighted by Gasteiger charge is -2.10. The number of carbonyl (C=O) groups excluding carboxylic acids is 2. The van der Waals surface area contributed by atoms with Crippen LogP contribution in [0.15, 0.2) is 71.3 Å². The van der Waals surface area contributed by atoms with Gasteiger partial charge in [-0.1, -0.05) is 17.3 Å².